The summed E-state index contributed by atoms with van der Waals surface area (Å²) in [7, 11) is 0. The molecule has 15 heavy (non-hydrogen) atoms. The number of nitrogens with zero attached hydrogens (tertiary/aromatic N) is 1. The van der Waals surface area contributed by atoms with Crippen LogP contribution in [0.2, 0.25) is 0 Å². The summed E-state index contributed by atoms with van der Waals surface area (Å²) in [4.78, 5) is 4.21. The average molecular weight is 207 g/mol. The van der Waals surface area contributed by atoms with Gasteiger partial charge in [0.25, 0.3) is 0 Å². The van der Waals surface area contributed by atoms with Gasteiger partial charge in [0.2, 0.25) is 0 Å². The highest BCUT2D eigenvalue weighted by Crippen LogP contribution is 2.25. The maximum Gasteiger partial charge on any atom is 0.126 e. The number of hydrogen-bond acceptors (Lipinski definition) is 4. The number of anilines is 1. The number of ether oxygens (including phenoxy) is 1. The van der Waals surface area contributed by atoms with Gasteiger partial charge >= 0.3 is 0 Å². The molecule has 0 spiro atoms. The summed E-state index contributed by atoms with van der Waals surface area (Å²) >= 11 is 0. The molecule has 4 nitrogen and oxygen atoms in total. The average Bonchev–Trinajstić information content (AvgIpc) is 2.27. The Kier molecular flexibility index (Phi) is 3.18. The van der Waals surface area contributed by atoms with Crippen LogP contribution in [0.1, 0.15) is 13.3 Å². The fourth-order valence-corrected chi connectivity index (χ4v) is 1.85. The molecular weight excluding hydrogens is 190 g/mol. The lowest BCUT2D eigenvalue weighted by molar-refractivity contribution is -0.0127. The Balaban J connectivity index is 1.93. The predicted molar refractivity (Wildman–Crippen MR) is 59.7 cm³/mol. The van der Waals surface area contributed by atoms with Crippen molar-refractivity contribution in [3.8, 4) is 0 Å². The van der Waals surface area contributed by atoms with Gasteiger partial charge in [-0.05, 0) is 25.5 Å². The maximum absolute atomic E-state index is 5.92. The molecule has 3 atom stereocenters. The lowest BCUT2D eigenvalue weighted by atomic mass is 9.83. The molecule has 0 saturated heterocycles. The molecule has 0 amide bonds. The third kappa shape index (κ3) is 2.27. The second kappa shape index (κ2) is 4.59. The second-order valence-electron chi connectivity index (χ2n) is 3.78. The standard InChI is InChI=1S/C11H17N3O/c1-2-15-9-7-8(12)11(9)14-10-5-3-4-6-13-10/h3-6,8-9,11H,2,7,12H2,1H3,(H,13,14). The van der Waals surface area contributed by atoms with Gasteiger partial charge in [0, 0.05) is 18.8 Å². The molecule has 2 rings (SSSR count). The van der Waals surface area contributed by atoms with Crippen molar-refractivity contribution in [3.63, 3.8) is 0 Å². The van der Waals surface area contributed by atoms with Crippen LogP contribution in [0.15, 0.2) is 24.4 Å². The van der Waals surface area contributed by atoms with E-state index in [2.05, 4.69) is 10.3 Å². The van der Waals surface area contributed by atoms with Gasteiger partial charge in [-0.3, -0.25) is 0 Å². The van der Waals surface area contributed by atoms with Gasteiger partial charge < -0.3 is 15.8 Å². The Morgan fingerprint density at radius 3 is 3.07 bits per heavy atom. The molecular formula is C11H17N3O. The number of rotatable bonds is 4. The highest BCUT2D eigenvalue weighted by atomic mass is 16.5. The van der Waals surface area contributed by atoms with Gasteiger partial charge in [-0.1, -0.05) is 6.07 Å². The van der Waals surface area contributed by atoms with E-state index in [1.165, 1.54) is 0 Å². The molecule has 1 saturated carbocycles. The Morgan fingerprint density at radius 1 is 1.60 bits per heavy atom. The molecule has 1 fully saturated rings. The molecule has 0 aliphatic heterocycles. The van der Waals surface area contributed by atoms with Crippen molar-refractivity contribution < 1.29 is 4.74 Å². The summed E-state index contributed by atoms with van der Waals surface area (Å²) in [6.45, 7) is 2.74. The SMILES string of the molecule is CCOC1CC(N)C1Nc1ccccn1. The Labute approximate surface area is 89.8 Å². The third-order valence-electron chi connectivity index (χ3n) is 2.73. The smallest absolute Gasteiger partial charge is 0.126 e. The van der Waals surface area contributed by atoms with Crippen LogP contribution in [0.5, 0.6) is 0 Å². The van der Waals surface area contributed by atoms with Crippen LogP contribution < -0.4 is 11.1 Å². The van der Waals surface area contributed by atoms with Gasteiger partial charge in [-0.15, -0.1) is 0 Å². The van der Waals surface area contributed by atoms with Crippen molar-refractivity contribution in [2.24, 2.45) is 5.73 Å². The highest BCUT2D eigenvalue weighted by Gasteiger charge is 2.39. The summed E-state index contributed by atoms with van der Waals surface area (Å²) in [6.07, 6.45) is 2.92. The van der Waals surface area contributed by atoms with E-state index in [4.69, 9.17) is 10.5 Å². The zero-order valence-corrected chi connectivity index (χ0v) is 8.89. The van der Waals surface area contributed by atoms with Crippen molar-refractivity contribution in [3.05, 3.63) is 24.4 Å². The monoisotopic (exact) mass is 207 g/mol. The highest BCUT2D eigenvalue weighted by molar-refractivity contribution is 5.37. The quantitative estimate of drug-likeness (QED) is 0.773. The summed E-state index contributed by atoms with van der Waals surface area (Å²) < 4.78 is 5.56. The fraction of sp³-hybridized carbons (Fsp3) is 0.545. The number of nitrogens with two attached hydrogens (primary N) is 1. The van der Waals surface area contributed by atoms with Gasteiger partial charge in [0.1, 0.15) is 5.82 Å². The van der Waals surface area contributed by atoms with Gasteiger partial charge in [0.05, 0.1) is 12.1 Å². The van der Waals surface area contributed by atoms with Crippen molar-refractivity contribution in [1.82, 2.24) is 4.98 Å². The first-order valence-corrected chi connectivity index (χ1v) is 5.36. The molecule has 82 valence electrons. The number of pyridine rings is 1. The molecule has 1 heterocycles. The van der Waals surface area contributed by atoms with Crippen molar-refractivity contribution in [2.45, 2.75) is 31.5 Å². The van der Waals surface area contributed by atoms with Crippen LogP contribution in [0, 0.1) is 0 Å². The van der Waals surface area contributed by atoms with E-state index >= 15 is 0 Å². The van der Waals surface area contributed by atoms with Crippen LogP contribution >= 0.6 is 0 Å². The zero-order valence-electron chi connectivity index (χ0n) is 8.89. The molecule has 0 aromatic carbocycles. The van der Waals surface area contributed by atoms with Gasteiger partial charge in [0.15, 0.2) is 0 Å². The molecule has 0 radical (unpaired) electrons. The molecule has 1 aromatic heterocycles. The number of nitrogens with one attached hydrogen (secondary N) is 1. The first kappa shape index (κ1) is 10.4. The Bertz CT molecular complexity index is 302. The van der Waals surface area contributed by atoms with Crippen molar-refractivity contribution >= 4 is 5.82 Å². The summed E-state index contributed by atoms with van der Waals surface area (Å²) in [5.74, 6) is 0.863. The summed E-state index contributed by atoms with van der Waals surface area (Å²) in [6, 6.07) is 6.15. The third-order valence-corrected chi connectivity index (χ3v) is 2.73. The summed E-state index contributed by atoms with van der Waals surface area (Å²) in [5.41, 5.74) is 5.92. The lowest BCUT2D eigenvalue weighted by Gasteiger charge is -2.42. The van der Waals surface area contributed by atoms with Crippen LogP contribution in [0.25, 0.3) is 0 Å². The summed E-state index contributed by atoms with van der Waals surface area (Å²) in [5, 5.41) is 3.30. The zero-order chi connectivity index (χ0) is 10.7. The Hall–Kier alpha value is -1.13. The first-order chi connectivity index (χ1) is 7.31. The van der Waals surface area contributed by atoms with Crippen LogP contribution in [-0.4, -0.2) is 29.8 Å². The minimum atomic E-state index is 0.170. The van der Waals surface area contributed by atoms with Gasteiger partial charge in [-0.25, -0.2) is 4.98 Å². The fourth-order valence-electron chi connectivity index (χ4n) is 1.85. The van der Waals surface area contributed by atoms with E-state index in [0.29, 0.717) is 0 Å². The number of aromatic nitrogens is 1. The molecule has 1 aliphatic carbocycles. The largest absolute Gasteiger partial charge is 0.376 e. The lowest BCUT2D eigenvalue weighted by Crippen LogP contribution is -2.60. The van der Waals surface area contributed by atoms with Crippen molar-refractivity contribution in [1.29, 1.82) is 0 Å². The van der Waals surface area contributed by atoms with E-state index in [1.807, 2.05) is 25.1 Å². The maximum atomic E-state index is 5.92. The molecule has 3 N–H and O–H groups in total. The van der Waals surface area contributed by atoms with E-state index in [-0.39, 0.29) is 18.2 Å². The Morgan fingerprint density at radius 2 is 2.47 bits per heavy atom. The van der Waals surface area contributed by atoms with Crippen molar-refractivity contribution in [2.75, 3.05) is 11.9 Å². The molecule has 0 bridgehead atoms. The van der Waals surface area contributed by atoms with E-state index < -0.39 is 0 Å². The van der Waals surface area contributed by atoms with Crippen LogP contribution in [0.3, 0.4) is 0 Å². The molecule has 4 heteroatoms. The van der Waals surface area contributed by atoms with E-state index in [1.54, 1.807) is 6.20 Å². The second-order valence-corrected chi connectivity index (χ2v) is 3.78. The first-order valence-electron chi connectivity index (χ1n) is 5.36. The molecule has 1 aromatic rings. The van der Waals surface area contributed by atoms with E-state index in [9.17, 15) is 0 Å². The molecule has 3 unspecified atom stereocenters. The molecule has 1 aliphatic rings. The van der Waals surface area contributed by atoms with Crippen LogP contribution in [-0.2, 0) is 4.74 Å². The minimum Gasteiger partial charge on any atom is -0.376 e. The predicted octanol–water partition coefficient (Wildman–Crippen LogP) is 0.998. The van der Waals surface area contributed by atoms with Gasteiger partial charge in [-0.2, -0.15) is 0 Å². The van der Waals surface area contributed by atoms with E-state index in [0.717, 1.165) is 18.8 Å². The normalized spacial score (nSPS) is 29.6. The minimum absolute atomic E-state index is 0.170. The number of hydrogen-bond donors (Lipinski definition) is 2. The van der Waals surface area contributed by atoms with Crippen LogP contribution in [0.4, 0.5) is 5.82 Å². The topological polar surface area (TPSA) is 60.2 Å².